The summed E-state index contributed by atoms with van der Waals surface area (Å²) in [5, 5.41) is 1.84. The lowest BCUT2D eigenvalue weighted by atomic mass is 9.92. The standard InChI is InChI=1S/C14H25N3O3S/c1-11-5-6-17(19-9-12(18)16(3)4)14(2,7-11)20-13-8-15-10-21-13/h10-11,13H,5-9H2,1-4H3. The Hall–Kier alpha value is -0.630. The van der Waals surface area contributed by atoms with E-state index in [4.69, 9.17) is 9.57 Å². The predicted molar refractivity (Wildman–Crippen MR) is 84.0 cm³/mol. The van der Waals surface area contributed by atoms with Gasteiger partial charge in [0.25, 0.3) is 0 Å². The Kier molecular flexibility index (Phi) is 5.65. The number of hydrogen-bond donors (Lipinski definition) is 0. The number of hydrogen-bond acceptors (Lipinski definition) is 6. The predicted octanol–water partition coefficient (Wildman–Crippen LogP) is 1.57. The molecule has 2 aliphatic heterocycles. The Bertz CT molecular complexity index is 397. The number of amides is 1. The largest absolute Gasteiger partial charge is 0.347 e. The van der Waals surface area contributed by atoms with Crippen molar-refractivity contribution in [3.05, 3.63) is 0 Å². The maximum atomic E-state index is 11.7. The molecule has 2 rings (SSSR count). The minimum absolute atomic E-state index is 0.0379. The lowest BCUT2D eigenvalue weighted by Crippen LogP contribution is -2.55. The Labute approximate surface area is 130 Å². The van der Waals surface area contributed by atoms with E-state index in [1.807, 2.05) is 17.5 Å². The van der Waals surface area contributed by atoms with Gasteiger partial charge >= 0.3 is 0 Å². The van der Waals surface area contributed by atoms with Crippen molar-refractivity contribution in [3.8, 4) is 0 Å². The van der Waals surface area contributed by atoms with Crippen molar-refractivity contribution in [3.63, 3.8) is 0 Å². The number of piperidine rings is 1. The summed E-state index contributed by atoms with van der Waals surface area (Å²) >= 11 is 1.60. The molecular weight excluding hydrogens is 290 g/mol. The number of aliphatic imine (C=N–C) groups is 1. The second-order valence-corrected chi connectivity index (χ2v) is 7.10. The number of hydroxylamine groups is 2. The zero-order chi connectivity index (χ0) is 15.5. The number of carbonyl (C=O) groups excluding carboxylic acids is 1. The van der Waals surface area contributed by atoms with E-state index >= 15 is 0 Å². The summed E-state index contributed by atoms with van der Waals surface area (Å²) in [5.41, 5.74) is 1.37. The van der Waals surface area contributed by atoms with Gasteiger partial charge < -0.3 is 9.64 Å². The highest BCUT2D eigenvalue weighted by Gasteiger charge is 2.41. The topological polar surface area (TPSA) is 54.4 Å². The van der Waals surface area contributed by atoms with Crippen LogP contribution in [-0.4, -0.2) is 66.4 Å². The summed E-state index contributed by atoms with van der Waals surface area (Å²) in [5.74, 6) is 0.529. The molecule has 7 heteroatoms. The van der Waals surface area contributed by atoms with Gasteiger partial charge in [0.2, 0.25) is 5.91 Å². The van der Waals surface area contributed by atoms with Crippen LogP contribution >= 0.6 is 11.8 Å². The van der Waals surface area contributed by atoms with Crippen molar-refractivity contribution < 1.29 is 14.4 Å². The molecule has 3 unspecified atom stereocenters. The van der Waals surface area contributed by atoms with Gasteiger partial charge in [-0.25, -0.2) is 0 Å². The van der Waals surface area contributed by atoms with E-state index in [2.05, 4.69) is 11.9 Å². The van der Waals surface area contributed by atoms with Gasteiger partial charge in [-0.05, 0) is 25.7 Å². The van der Waals surface area contributed by atoms with Crippen molar-refractivity contribution in [1.82, 2.24) is 9.96 Å². The van der Waals surface area contributed by atoms with Gasteiger partial charge in [0.05, 0.1) is 12.1 Å². The van der Waals surface area contributed by atoms with Crippen LogP contribution < -0.4 is 0 Å². The van der Waals surface area contributed by atoms with Gasteiger partial charge in [0, 0.05) is 20.6 Å². The maximum Gasteiger partial charge on any atom is 0.250 e. The number of carbonyl (C=O) groups is 1. The summed E-state index contributed by atoms with van der Waals surface area (Å²) in [7, 11) is 3.46. The van der Waals surface area contributed by atoms with E-state index in [1.165, 1.54) is 4.90 Å². The molecule has 3 atom stereocenters. The third kappa shape index (κ3) is 4.42. The molecule has 0 N–H and O–H groups in total. The summed E-state index contributed by atoms with van der Waals surface area (Å²) in [6.07, 6.45) is 1.93. The molecule has 1 fully saturated rings. The van der Waals surface area contributed by atoms with Crippen LogP contribution in [0.5, 0.6) is 0 Å². The van der Waals surface area contributed by atoms with Crippen molar-refractivity contribution >= 4 is 23.2 Å². The smallest absolute Gasteiger partial charge is 0.250 e. The highest BCUT2D eigenvalue weighted by molar-refractivity contribution is 8.12. The molecule has 0 radical (unpaired) electrons. The van der Waals surface area contributed by atoms with Gasteiger partial charge in [-0.15, -0.1) is 0 Å². The van der Waals surface area contributed by atoms with Crippen LogP contribution in [0.4, 0.5) is 0 Å². The van der Waals surface area contributed by atoms with Crippen molar-refractivity contribution in [2.75, 3.05) is 33.8 Å². The normalized spacial score (nSPS) is 33.3. The van der Waals surface area contributed by atoms with Crippen LogP contribution in [0.2, 0.25) is 0 Å². The van der Waals surface area contributed by atoms with E-state index in [0.717, 1.165) is 19.4 Å². The molecular formula is C14H25N3O3S. The van der Waals surface area contributed by atoms with Gasteiger partial charge in [-0.1, -0.05) is 18.7 Å². The molecule has 0 spiro atoms. The second kappa shape index (κ2) is 7.09. The van der Waals surface area contributed by atoms with Crippen molar-refractivity contribution in [1.29, 1.82) is 0 Å². The van der Waals surface area contributed by atoms with Crippen LogP contribution in [0, 0.1) is 5.92 Å². The van der Waals surface area contributed by atoms with Crippen LogP contribution in [0.15, 0.2) is 4.99 Å². The van der Waals surface area contributed by atoms with Gasteiger partial charge in [-0.2, -0.15) is 5.06 Å². The first-order valence-corrected chi connectivity index (χ1v) is 8.27. The van der Waals surface area contributed by atoms with Crippen molar-refractivity contribution in [2.24, 2.45) is 10.9 Å². The first-order valence-electron chi connectivity index (χ1n) is 7.33. The molecule has 21 heavy (non-hydrogen) atoms. The first-order chi connectivity index (χ1) is 9.90. The molecule has 0 aromatic carbocycles. The maximum absolute atomic E-state index is 11.7. The van der Waals surface area contributed by atoms with Crippen LogP contribution in [0.25, 0.3) is 0 Å². The molecule has 1 saturated heterocycles. The number of nitrogens with zero attached hydrogens (tertiary/aromatic N) is 3. The van der Waals surface area contributed by atoms with Crippen LogP contribution in [-0.2, 0) is 14.4 Å². The molecule has 0 aliphatic carbocycles. The Balaban J connectivity index is 1.96. The summed E-state index contributed by atoms with van der Waals surface area (Å²) in [6, 6.07) is 0. The monoisotopic (exact) mass is 315 g/mol. The average molecular weight is 315 g/mol. The van der Waals surface area contributed by atoms with Gasteiger partial charge in [0.1, 0.15) is 17.8 Å². The van der Waals surface area contributed by atoms with Crippen LogP contribution in [0.1, 0.15) is 26.7 Å². The molecule has 0 aromatic rings. The number of rotatable bonds is 5. The fourth-order valence-corrected chi connectivity index (χ4v) is 3.37. The van der Waals surface area contributed by atoms with Crippen molar-refractivity contribution in [2.45, 2.75) is 37.9 Å². The number of ether oxygens (including phenoxy) is 1. The highest BCUT2D eigenvalue weighted by Crippen LogP contribution is 2.36. The first kappa shape index (κ1) is 16.7. The fraction of sp³-hybridized carbons (Fsp3) is 0.857. The summed E-state index contributed by atoms with van der Waals surface area (Å²) < 4.78 is 6.23. The minimum Gasteiger partial charge on any atom is -0.347 e. The quantitative estimate of drug-likeness (QED) is 0.771. The third-order valence-electron chi connectivity index (χ3n) is 3.85. The molecule has 120 valence electrons. The zero-order valence-electron chi connectivity index (χ0n) is 13.2. The zero-order valence-corrected chi connectivity index (χ0v) is 14.1. The molecule has 0 bridgehead atoms. The number of thioether (sulfide) groups is 1. The van der Waals surface area contributed by atoms with E-state index in [1.54, 1.807) is 25.9 Å². The molecule has 0 saturated carbocycles. The minimum atomic E-state index is -0.504. The number of likely N-dealkylation sites (N-methyl/N-ethyl adjacent to an activating group) is 1. The Morgan fingerprint density at radius 2 is 2.33 bits per heavy atom. The second-order valence-electron chi connectivity index (χ2n) is 6.09. The average Bonchev–Trinajstić information content (AvgIpc) is 2.89. The Morgan fingerprint density at radius 3 is 2.95 bits per heavy atom. The molecule has 6 nitrogen and oxygen atoms in total. The van der Waals surface area contributed by atoms with E-state index in [9.17, 15) is 4.79 Å². The van der Waals surface area contributed by atoms with E-state index in [0.29, 0.717) is 12.5 Å². The van der Waals surface area contributed by atoms with Gasteiger partial charge in [0.15, 0.2) is 0 Å². The van der Waals surface area contributed by atoms with E-state index < -0.39 is 5.72 Å². The highest BCUT2D eigenvalue weighted by atomic mass is 32.2. The lowest BCUT2D eigenvalue weighted by Gasteiger charge is -2.46. The van der Waals surface area contributed by atoms with Crippen LogP contribution in [0.3, 0.4) is 0 Å². The summed E-state index contributed by atoms with van der Waals surface area (Å²) in [6.45, 7) is 5.77. The molecule has 2 heterocycles. The Morgan fingerprint density at radius 1 is 1.57 bits per heavy atom. The van der Waals surface area contributed by atoms with Gasteiger partial charge in [-0.3, -0.25) is 14.6 Å². The molecule has 1 amide bonds. The van der Waals surface area contributed by atoms with E-state index in [-0.39, 0.29) is 18.0 Å². The summed E-state index contributed by atoms with van der Waals surface area (Å²) in [4.78, 5) is 23.2. The SMILES string of the molecule is CC1CCN(OCC(=O)N(C)C)C(C)(OC2CN=CS2)C1. The lowest BCUT2D eigenvalue weighted by molar-refractivity contribution is -0.320. The molecule has 0 aromatic heterocycles. The fourth-order valence-electron chi connectivity index (χ4n) is 2.63. The third-order valence-corrected chi connectivity index (χ3v) is 4.67. The molecule has 2 aliphatic rings.